The molecule has 0 radical (unpaired) electrons. The first kappa shape index (κ1) is 16.8. The minimum absolute atomic E-state index is 0.318. The van der Waals surface area contributed by atoms with E-state index in [1.165, 1.54) is 6.26 Å². The summed E-state index contributed by atoms with van der Waals surface area (Å²) in [7, 11) is 0. The van der Waals surface area contributed by atoms with Crippen LogP contribution in [0.15, 0.2) is 53.1 Å². The van der Waals surface area contributed by atoms with E-state index in [2.05, 4.69) is 10.6 Å². The van der Waals surface area contributed by atoms with E-state index in [9.17, 15) is 14.4 Å². The molecular weight excluding hydrogens is 322 g/mol. The van der Waals surface area contributed by atoms with E-state index in [4.69, 9.17) is 4.42 Å². The fourth-order valence-corrected chi connectivity index (χ4v) is 2.75. The first-order chi connectivity index (χ1) is 12.0. The van der Waals surface area contributed by atoms with E-state index < -0.39 is 23.9 Å². The van der Waals surface area contributed by atoms with Gasteiger partial charge in [-0.15, -0.1) is 0 Å². The molecular formula is C18H19N3O4. The molecule has 130 valence electrons. The second-order valence-corrected chi connectivity index (χ2v) is 5.92. The van der Waals surface area contributed by atoms with Gasteiger partial charge in [-0.25, -0.2) is 4.79 Å². The molecule has 2 atom stereocenters. The Balaban J connectivity index is 1.58. The summed E-state index contributed by atoms with van der Waals surface area (Å²) in [5.74, 6) is -0.213. The highest BCUT2D eigenvalue weighted by atomic mass is 16.3. The van der Waals surface area contributed by atoms with Gasteiger partial charge in [0.25, 0.3) is 5.91 Å². The van der Waals surface area contributed by atoms with Crippen LogP contribution >= 0.6 is 0 Å². The summed E-state index contributed by atoms with van der Waals surface area (Å²) in [5.41, 5.74) is 0.943. The SMILES string of the molecule is C[C@H](NC(=O)CN1C(=O)N[C@@H](Cc2ccccc2)C1=O)c1ccco1. The van der Waals surface area contributed by atoms with E-state index in [1.807, 2.05) is 30.3 Å². The van der Waals surface area contributed by atoms with Crippen molar-refractivity contribution >= 4 is 17.8 Å². The monoisotopic (exact) mass is 341 g/mol. The molecule has 1 aromatic carbocycles. The van der Waals surface area contributed by atoms with Gasteiger partial charge in [0.15, 0.2) is 0 Å². The number of carbonyl (C=O) groups excluding carboxylic acids is 3. The van der Waals surface area contributed by atoms with E-state index in [1.54, 1.807) is 19.1 Å². The molecule has 1 aliphatic rings. The average Bonchev–Trinajstić information content (AvgIpc) is 3.21. The van der Waals surface area contributed by atoms with Crippen molar-refractivity contribution in [1.29, 1.82) is 0 Å². The number of hydrogen-bond acceptors (Lipinski definition) is 4. The third-order valence-electron chi connectivity index (χ3n) is 4.04. The molecule has 0 aliphatic carbocycles. The third-order valence-corrected chi connectivity index (χ3v) is 4.04. The van der Waals surface area contributed by atoms with Gasteiger partial charge in [-0.05, 0) is 24.6 Å². The molecule has 2 N–H and O–H groups in total. The van der Waals surface area contributed by atoms with Gasteiger partial charge in [-0.1, -0.05) is 30.3 Å². The number of amides is 4. The summed E-state index contributed by atoms with van der Waals surface area (Å²) >= 11 is 0. The lowest BCUT2D eigenvalue weighted by molar-refractivity contribution is -0.132. The summed E-state index contributed by atoms with van der Waals surface area (Å²) in [5, 5.41) is 5.34. The van der Waals surface area contributed by atoms with Crippen molar-refractivity contribution in [2.75, 3.05) is 6.54 Å². The van der Waals surface area contributed by atoms with E-state index >= 15 is 0 Å². The van der Waals surface area contributed by atoms with Crippen molar-refractivity contribution in [3.05, 3.63) is 60.1 Å². The molecule has 1 aliphatic heterocycles. The van der Waals surface area contributed by atoms with Gasteiger partial charge in [0.05, 0.1) is 12.3 Å². The number of imide groups is 1. The minimum atomic E-state index is -0.648. The number of rotatable bonds is 6. The summed E-state index contributed by atoms with van der Waals surface area (Å²) in [6.45, 7) is 1.45. The van der Waals surface area contributed by atoms with Crippen molar-refractivity contribution < 1.29 is 18.8 Å². The van der Waals surface area contributed by atoms with Crippen LogP contribution in [0.1, 0.15) is 24.3 Å². The highest BCUT2D eigenvalue weighted by Gasteiger charge is 2.38. The molecule has 25 heavy (non-hydrogen) atoms. The summed E-state index contributed by atoms with van der Waals surface area (Å²) in [6.07, 6.45) is 1.91. The van der Waals surface area contributed by atoms with Crippen LogP contribution in [0.4, 0.5) is 4.79 Å². The van der Waals surface area contributed by atoms with Crippen LogP contribution in [0.25, 0.3) is 0 Å². The van der Waals surface area contributed by atoms with Gasteiger partial charge in [-0.2, -0.15) is 0 Å². The Hall–Kier alpha value is -3.09. The fraction of sp³-hybridized carbons (Fsp3) is 0.278. The zero-order valence-corrected chi connectivity index (χ0v) is 13.8. The number of carbonyl (C=O) groups is 3. The molecule has 0 bridgehead atoms. The lowest BCUT2D eigenvalue weighted by Gasteiger charge is -2.15. The predicted octanol–water partition coefficient (Wildman–Crippen LogP) is 1.62. The highest BCUT2D eigenvalue weighted by Crippen LogP contribution is 2.14. The first-order valence-electron chi connectivity index (χ1n) is 8.03. The molecule has 1 fully saturated rings. The van der Waals surface area contributed by atoms with Gasteiger partial charge in [0.2, 0.25) is 5.91 Å². The molecule has 0 spiro atoms. The Morgan fingerprint density at radius 3 is 2.68 bits per heavy atom. The van der Waals surface area contributed by atoms with Crippen LogP contribution in [0.2, 0.25) is 0 Å². The number of hydrogen-bond donors (Lipinski definition) is 2. The lowest BCUT2D eigenvalue weighted by Crippen LogP contribution is -2.41. The Bertz CT molecular complexity index is 758. The Kier molecular flexibility index (Phi) is 4.83. The largest absolute Gasteiger partial charge is 0.467 e. The summed E-state index contributed by atoms with van der Waals surface area (Å²) < 4.78 is 5.22. The quantitative estimate of drug-likeness (QED) is 0.781. The molecule has 7 heteroatoms. The van der Waals surface area contributed by atoms with Gasteiger partial charge in [0.1, 0.15) is 18.3 Å². The van der Waals surface area contributed by atoms with Crippen molar-refractivity contribution in [3.63, 3.8) is 0 Å². The summed E-state index contributed by atoms with van der Waals surface area (Å²) in [6, 6.07) is 11.3. The maximum absolute atomic E-state index is 12.4. The zero-order chi connectivity index (χ0) is 17.8. The summed E-state index contributed by atoms with van der Waals surface area (Å²) in [4.78, 5) is 37.5. The topological polar surface area (TPSA) is 91.7 Å². The maximum atomic E-state index is 12.4. The van der Waals surface area contributed by atoms with Crippen LogP contribution in [0.5, 0.6) is 0 Å². The van der Waals surface area contributed by atoms with Crippen LogP contribution in [0, 0.1) is 0 Å². The number of nitrogens with one attached hydrogen (secondary N) is 2. The van der Waals surface area contributed by atoms with Crippen molar-refractivity contribution in [2.45, 2.75) is 25.4 Å². The Morgan fingerprint density at radius 2 is 2.00 bits per heavy atom. The second kappa shape index (κ2) is 7.21. The molecule has 0 saturated carbocycles. The molecule has 4 amide bonds. The first-order valence-corrected chi connectivity index (χ1v) is 8.03. The standard InChI is InChI=1S/C18H19N3O4/c1-12(15-8-5-9-25-15)19-16(22)11-21-17(23)14(20-18(21)24)10-13-6-3-2-4-7-13/h2-9,12,14H,10-11H2,1H3,(H,19,22)(H,20,24)/t12-,14-/m0/s1. The zero-order valence-electron chi connectivity index (χ0n) is 13.8. The molecule has 3 rings (SSSR count). The lowest BCUT2D eigenvalue weighted by atomic mass is 10.1. The van der Waals surface area contributed by atoms with Crippen molar-refractivity contribution in [3.8, 4) is 0 Å². The van der Waals surface area contributed by atoms with Gasteiger partial charge < -0.3 is 15.1 Å². The van der Waals surface area contributed by atoms with Crippen molar-refractivity contribution in [1.82, 2.24) is 15.5 Å². The number of nitrogens with zero attached hydrogens (tertiary/aromatic N) is 1. The third kappa shape index (κ3) is 3.88. The van der Waals surface area contributed by atoms with Gasteiger partial charge in [0, 0.05) is 6.42 Å². The van der Waals surface area contributed by atoms with Crippen LogP contribution in [0.3, 0.4) is 0 Å². The maximum Gasteiger partial charge on any atom is 0.325 e. The smallest absolute Gasteiger partial charge is 0.325 e. The second-order valence-electron chi connectivity index (χ2n) is 5.92. The number of benzene rings is 1. The normalized spacial score (nSPS) is 18.1. The molecule has 1 aromatic heterocycles. The number of urea groups is 1. The molecule has 7 nitrogen and oxygen atoms in total. The number of furan rings is 1. The van der Waals surface area contributed by atoms with Crippen molar-refractivity contribution in [2.24, 2.45) is 0 Å². The fourth-order valence-electron chi connectivity index (χ4n) is 2.75. The van der Waals surface area contributed by atoms with Gasteiger partial charge >= 0.3 is 6.03 Å². The minimum Gasteiger partial charge on any atom is -0.467 e. The van der Waals surface area contributed by atoms with E-state index in [0.717, 1.165) is 10.5 Å². The Morgan fingerprint density at radius 1 is 1.24 bits per heavy atom. The van der Waals surface area contributed by atoms with Crippen LogP contribution < -0.4 is 10.6 Å². The molecule has 0 unspecified atom stereocenters. The molecule has 2 aromatic rings. The Labute approximate surface area is 145 Å². The van der Waals surface area contributed by atoms with Gasteiger partial charge in [-0.3, -0.25) is 14.5 Å². The van der Waals surface area contributed by atoms with Crippen LogP contribution in [-0.4, -0.2) is 35.3 Å². The van der Waals surface area contributed by atoms with Crippen LogP contribution in [-0.2, 0) is 16.0 Å². The van der Waals surface area contributed by atoms with E-state index in [0.29, 0.717) is 12.2 Å². The highest BCUT2D eigenvalue weighted by molar-refractivity contribution is 6.06. The molecule has 2 heterocycles. The van der Waals surface area contributed by atoms with E-state index in [-0.39, 0.29) is 12.6 Å². The predicted molar refractivity (Wildman–Crippen MR) is 89.4 cm³/mol. The average molecular weight is 341 g/mol. The molecule has 1 saturated heterocycles.